The van der Waals surface area contributed by atoms with Gasteiger partial charge in [-0.15, -0.1) is 0 Å². The number of fused-ring (bicyclic) bond motifs is 1. The van der Waals surface area contributed by atoms with Crippen LogP contribution >= 0.6 is 0 Å². The average molecular weight is 354 g/mol. The first kappa shape index (κ1) is 16.8. The minimum absolute atomic E-state index is 0.133. The van der Waals surface area contributed by atoms with Crippen LogP contribution in [0.15, 0.2) is 42.6 Å². The molecule has 1 aromatic carbocycles. The van der Waals surface area contributed by atoms with E-state index in [-0.39, 0.29) is 18.8 Å². The number of pyridine rings is 1. The first-order valence-corrected chi connectivity index (χ1v) is 8.97. The lowest BCUT2D eigenvalue weighted by molar-refractivity contribution is -0.143. The van der Waals surface area contributed by atoms with Crippen molar-refractivity contribution in [1.82, 2.24) is 9.88 Å². The summed E-state index contributed by atoms with van der Waals surface area (Å²) in [7, 11) is 0. The zero-order valence-electron chi connectivity index (χ0n) is 14.5. The summed E-state index contributed by atoms with van der Waals surface area (Å²) in [5.74, 6) is 0.622. The van der Waals surface area contributed by atoms with E-state index in [1.54, 1.807) is 0 Å². The molecule has 4 rings (SSSR count). The highest BCUT2D eigenvalue weighted by atomic mass is 16.7. The Morgan fingerprint density at radius 3 is 2.73 bits per heavy atom. The van der Waals surface area contributed by atoms with E-state index < -0.39 is 5.97 Å². The molecule has 0 aliphatic carbocycles. The molecule has 26 heavy (non-hydrogen) atoms. The molecule has 1 saturated heterocycles. The van der Waals surface area contributed by atoms with Gasteiger partial charge in [0.25, 0.3) is 0 Å². The summed E-state index contributed by atoms with van der Waals surface area (Å²) in [5, 5.41) is 9.26. The van der Waals surface area contributed by atoms with Gasteiger partial charge in [-0.25, -0.2) is 0 Å². The van der Waals surface area contributed by atoms with Crippen LogP contribution in [0.25, 0.3) is 0 Å². The van der Waals surface area contributed by atoms with Crippen LogP contribution < -0.4 is 9.47 Å². The molecule has 1 unspecified atom stereocenters. The van der Waals surface area contributed by atoms with Gasteiger partial charge < -0.3 is 14.6 Å². The Bertz CT molecular complexity index is 773. The lowest BCUT2D eigenvalue weighted by Crippen LogP contribution is -2.39. The van der Waals surface area contributed by atoms with Crippen LogP contribution in [0.2, 0.25) is 0 Å². The van der Waals surface area contributed by atoms with Crippen molar-refractivity contribution in [1.29, 1.82) is 0 Å². The van der Waals surface area contributed by atoms with Gasteiger partial charge in [-0.3, -0.25) is 14.7 Å². The van der Waals surface area contributed by atoms with Gasteiger partial charge in [0.1, 0.15) is 0 Å². The first-order chi connectivity index (χ1) is 12.7. The summed E-state index contributed by atoms with van der Waals surface area (Å²) in [6.45, 7) is 1.79. The number of carboxylic acids is 1. The fourth-order valence-electron chi connectivity index (χ4n) is 3.75. The van der Waals surface area contributed by atoms with Gasteiger partial charge in [-0.1, -0.05) is 12.1 Å². The molecule has 2 aliphatic rings. The smallest absolute Gasteiger partial charge is 0.306 e. The summed E-state index contributed by atoms with van der Waals surface area (Å²) in [6, 6.07) is 12.1. The number of likely N-dealkylation sites (tertiary alicyclic amines) is 1. The fraction of sp³-hybridized carbons (Fsp3) is 0.400. The molecule has 6 nitrogen and oxygen atoms in total. The van der Waals surface area contributed by atoms with E-state index in [1.165, 1.54) is 0 Å². The van der Waals surface area contributed by atoms with Gasteiger partial charge in [-0.2, -0.15) is 0 Å². The minimum atomic E-state index is -0.686. The predicted molar refractivity (Wildman–Crippen MR) is 95.2 cm³/mol. The van der Waals surface area contributed by atoms with Crippen molar-refractivity contribution in [3.05, 3.63) is 53.9 Å². The van der Waals surface area contributed by atoms with E-state index in [9.17, 15) is 9.90 Å². The number of hydrogen-bond donors (Lipinski definition) is 1. The molecule has 1 fully saturated rings. The fourth-order valence-corrected chi connectivity index (χ4v) is 3.75. The molecule has 2 aliphatic heterocycles. The molecule has 1 aromatic heterocycles. The number of piperidine rings is 1. The molecular weight excluding hydrogens is 332 g/mol. The van der Waals surface area contributed by atoms with Crippen molar-refractivity contribution in [2.75, 3.05) is 19.9 Å². The number of carboxylic acid groups (broad SMARTS) is 1. The van der Waals surface area contributed by atoms with E-state index in [4.69, 9.17) is 9.47 Å². The molecule has 1 atom stereocenters. The Kier molecular flexibility index (Phi) is 4.75. The predicted octanol–water partition coefficient (Wildman–Crippen LogP) is 2.89. The Morgan fingerprint density at radius 2 is 2.00 bits per heavy atom. The second kappa shape index (κ2) is 7.33. The van der Waals surface area contributed by atoms with Crippen molar-refractivity contribution in [2.24, 2.45) is 5.92 Å². The maximum absolute atomic E-state index is 11.3. The second-order valence-electron chi connectivity index (χ2n) is 6.80. The number of aromatic nitrogens is 1. The molecule has 1 N–H and O–H groups in total. The van der Waals surface area contributed by atoms with Crippen molar-refractivity contribution in [2.45, 2.75) is 25.3 Å². The van der Waals surface area contributed by atoms with Crippen LogP contribution in [-0.4, -0.2) is 40.8 Å². The zero-order chi connectivity index (χ0) is 17.9. The molecule has 0 radical (unpaired) electrons. The first-order valence-electron chi connectivity index (χ1n) is 8.97. The SMILES string of the molecule is O=C(O)C1CCN(C(Cc2ccccn2)c2ccc3c(c2)OCO3)CC1. The molecule has 6 heteroatoms. The standard InChI is InChI=1S/C20H22N2O4/c23-20(24)14-6-9-22(10-7-14)17(12-16-3-1-2-8-21-16)15-4-5-18-19(11-15)26-13-25-18/h1-5,8,11,14,17H,6-7,9-10,12-13H2,(H,23,24). The van der Waals surface area contributed by atoms with Crippen molar-refractivity contribution < 1.29 is 19.4 Å². The molecule has 136 valence electrons. The van der Waals surface area contributed by atoms with E-state index in [2.05, 4.69) is 16.0 Å². The topological polar surface area (TPSA) is 71.9 Å². The van der Waals surface area contributed by atoms with Gasteiger partial charge >= 0.3 is 5.97 Å². The van der Waals surface area contributed by atoms with E-state index in [1.807, 2.05) is 36.5 Å². The van der Waals surface area contributed by atoms with Gasteiger partial charge in [0, 0.05) is 24.4 Å². The molecule has 0 bridgehead atoms. The number of ether oxygens (including phenoxy) is 2. The maximum atomic E-state index is 11.3. The molecule has 0 spiro atoms. The molecular formula is C20H22N2O4. The van der Waals surface area contributed by atoms with E-state index in [0.717, 1.165) is 42.3 Å². The third-order valence-electron chi connectivity index (χ3n) is 5.23. The van der Waals surface area contributed by atoms with Crippen LogP contribution in [0, 0.1) is 5.92 Å². The lowest BCUT2D eigenvalue weighted by Gasteiger charge is -2.36. The highest BCUT2D eigenvalue weighted by molar-refractivity contribution is 5.70. The normalized spacial score (nSPS) is 18.6. The highest BCUT2D eigenvalue weighted by Gasteiger charge is 2.30. The summed E-state index contributed by atoms with van der Waals surface area (Å²) < 4.78 is 11.0. The average Bonchev–Trinajstić information content (AvgIpc) is 3.15. The Labute approximate surface area is 152 Å². The summed E-state index contributed by atoms with van der Waals surface area (Å²) in [5.41, 5.74) is 2.17. The van der Waals surface area contributed by atoms with Crippen LogP contribution in [0.5, 0.6) is 11.5 Å². The Balaban J connectivity index is 1.58. The van der Waals surface area contributed by atoms with E-state index in [0.29, 0.717) is 12.8 Å². The summed E-state index contributed by atoms with van der Waals surface area (Å²) >= 11 is 0. The number of rotatable bonds is 5. The Hall–Kier alpha value is -2.60. The summed E-state index contributed by atoms with van der Waals surface area (Å²) in [6.07, 6.45) is 3.94. The van der Waals surface area contributed by atoms with E-state index >= 15 is 0 Å². The largest absolute Gasteiger partial charge is 0.481 e. The lowest BCUT2D eigenvalue weighted by atomic mass is 9.92. The summed E-state index contributed by atoms with van der Waals surface area (Å²) in [4.78, 5) is 18.1. The Morgan fingerprint density at radius 1 is 1.19 bits per heavy atom. The number of benzene rings is 1. The molecule has 0 amide bonds. The quantitative estimate of drug-likeness (QED) is 0.890. The number of hydrogen-bond acceptors (Lipinski definition) is 5. The van der Waals surface area contributed by atoms with Gasteiger partial charge in [-0.05, 0) is 55.8 Å². The second-order valence-corrected chi connectivity index (χ2v) is 6.80. The molecule has 3 heterocycles. The van der Waals surface area contributed by atoms with Gasteiger partial charge in [0.2, 0.25) is 6.79 Å². The molecule has 0 saturated carbocycles. The maximum Gasteiger partial charge on any atom is 0.306 e. The third kappa shape index (κ3) is 3.51. The third-order valence-corrected chi connectivity index (χ3v) is 5.23. The van der Waals surface area contributed by atoms with Crippen LogP contribution in [0.4, 0.5) is 0 Å². The van der Waals surface area contributed by atoms with Crippen LogP contribution in [0.1, 0.15) is 30.1 Å². The zero-order valence-corrected chi connectivity index (χ0v) is 14.5. The number of nitrogens with zero attached hydrogens (tertiary/aromatic N) is 2. The number of aliphatic carboxylic acids is 1. The highest BCUT2D eigenvalue weighted by Crippen LogP contribution is 2.37. The minimum Gasteiger partial charge on any atom is -0.481 e. The van der Waals surface area contributed by atoms with Gasteiger partial charge in [0.05, 0.1) is 5.92 Å². The van der Waals surface area contributed by atoms with Crippen LogP contribution in [-0.2, 0) is 11.2 Å². The van der Waals surface area contributed by atoms with Gasteiger partial charge in [0.15, 0.2) is 11.5 Å². The molecule has 2 aromatic rings. The van der Waals surface area contributed by atoms with Crippen molar-refractivity contribution >= 4 is 5.97 Å². The van der Waals surface area contributed by atoms with Crippen molar-refractivity contribution in [3.8, 4) is 11.5 Å². The van der Waals surface area contributed by atoms with Crippen LogP contribution in [0.3, 0.4) is 0 Å². The monoisotopic (exact) mass is 354 g/mol. The number of carbonyl (C=O) groups is 1. The van der Waals surface area contributed by atoms with Crippen molar-refractivity contribution in [3.63, 3.8) is 0 Å².